The topological polar surface area (TPSA) is 91.2 Å². The Bertz CT molecular complexity index is 931. The summed E-state index contributed by atoms with van der Waals surface area (Å²) in [5, 5.41) is 5.02. The van der Waals surface area contributed by atoms with Crippen LogP contribution in [0.25, 0.3) is 11.0 Å². The predicted octanol–water partition coefficient (Wildman–Crippen LogP) is 2.17. The zero-order valence-electron chi connectivity index (χ0n) is 15.0. The molecule has 26 heavy (non-hydrogen) atoms. The summed E-state index contributed by atoms with van der Waals surface area (Å²) in [6.07, 6.45) is 5.02. The number of carbonyl (C=O) groups is 1. The van der Waals surface area contributed by atoms with Gasteiger partial charge in [-0.3, -0.25) is 4.79 Å². The van der Waals surface area contributed by atoms with Gasteiger partial charge in [-0.05, 0) is 25.8 Å². The SMILES string of the molecule is CCc1noc(C)c1C(=O)N1CCCN(c2ncnc3[nH]ccc23)CC1. The zero-order chi connectivity index (χ0) is 18.1. The van der Waals surface area contributed by atoms with E-state index in [0.29, 0.717) is 30.8 Å². The maximum absolute atomic E-state index is 13.0. The fourth-order valence-corrected chi connectivity index (χ4v) is 3.53. The molecule has 8 nitrogen and oxygen atoms in total. The van der Waals surface area contributed by atoms with Gasteiger partial charge < -0.3 is 19.3 Å². The molecule has 8 heteroatoms. The molecule has 0 spiro atoms. The average molecular weight is 354 g/mol. The first-order chi connectivity index (χ1) is 12.7. The second kappa shape index (κ2) is 6.78. The minimum atomic E-state index is 0.0110. The molecule has 1 saturated heterocycles. The van der Waals surface area contributed by atoms with Gasteiger partial charge in [0.15, 0.2) is 0 Å². The Morgan fingerprint density at radius 2 is 2.15 bits per heavy atom. The van der Waals surface area contributed by atoms with Crippen LogP contribution in [0.5, 0.6) is 0 Å². The quantitative estimate of drug-likeness (QED) is 0.775. The third kappa shape index (κ3) is 2.81. The molecule has 1 amide bonds. The van der Waals surface area contributed by atoms with E-state index in [1.54, 1.807) is 13.3 Å². The minimum Gasteiger partial charge on any atom is -0.361 e. The van der Waals surface area contributed by atoms with E-state index in [2.05, 4.69) is 25.0 Å². The van der Waals surface area contributed by atoms with Gasteiger partial charge >= 0.3 is 0 Å². The first-order valence-electron chi connectivity index (χ1n) is 8.96. The Labute approximate surface area is 151 Å². The van der Waals surface area contributed by atoms with Crippen molar-refractivity contribution in [2.75, 3.05) is 31.1 Å². The Kier molecular flexibility index (Phi) is 4.32. The summed E-state index contributed by atoms with van der Waals surface area (Å²) in [6.45, 7) is 6.72. The lowest BCUT2D eigenvalue weighted by atomic mass is 10.1. The number of nitrogens with zero attached hydrogens (tertiary/aromatic N) is 5. The highest BCUT2D eigenvalue weighted by Crippen LogP contribution is 2.24. The van der Waals surface area contributed by atoms with Gasteiger partial charge in [0.2, 0.25) is 0 Å². The number of fused-ring (bicyclic) bond motifs is 1. The standard InChI is InChI=1S/C18H22N6O2/c1-3-14-15(12(2)26-22-14)18(25)24-8-4-7-23(9-10-24)17-13-5-6-19-16(13)20-11-21-17/h5-6,11H,3-4,7-10H2,1-2H3,(H,19,20,21). The van der Waals surface area contributed by atoms with Crippen molar-refractivity contribution in [2.24, 2.45) is 0 Å². The number of H-pyrrole nitrogens is 1. The van der Waals surface area contributed by atoms with Gasteiger partial charge in [0.1, 0.15) is 29.1 Å². The summed E-state index contributed by atoms with van der Waals surface area (Å²) in [5.74, 6) is 1.52. The van der Waals surface area contributed by atoms with Crippen molar-refractivity contribution in [3.63, 3.8) is 0 Å². The van der Waals surface area contributed by atoms with E-state index in [-0.39, 0.29) is 5.91 Å². The molecule has 1 aliphatic rings. The molecule has 0 saturated carbocycles. The number of amides is 1. The number of hydrogen-bond donors (Lipinski definition) is 1. The highest BCUT2D eigenvalue weighted by molar-refractivity contribution is 5.96. The highest BCUT2D eigenvalue weighted by atomic mass is 16.5. The van der Waals surface area contributed by atoms with Gasteiger partial charge in [0.05, 0.1) is 11.1 Å². The Hall–Kier alpha value is -2.90. The fraction of sp³-hybridized carbons (Fsp3) is 0.444. The second-order valence-electron chi connectivity index (χ2n) is 6.48. The maximum atomic E-state index is 13.0. The van der Waals surface area contributed by atoms with Gasteiger partial charge in [0, 0.05) is 32.4 Å². The van der Waals surface area contributed by atoms with Gasteiger partial charge in [0.25, 0.3) is 5.91 Å². The number of hydrogen-bond acceptors (Lipinski definition) is 6. The van der Waals surface area contributed by atoms with E-state index in [1.165, 1.54) is 0 Å². The number of aromatic amines is 1. The van der Waals surface area contributed by atoms with Crippen LogP contribution >= 0.6 is 0 Å². The number of anilines is 1. The summed E-state index contributed by atoms with van der Waals surface area (Å²) in [4.78, 5) is 29.0. The molecule has 4 heterocycles. The maximum Gasteiger partial charge on any atom is 0.259 e. The van der Waals surface area contributed by atoms with Crippen molar-refractivity contribution in [3.05, 3.63) is 35.6 Å². The summed E-state index contributed by atoms with van der Waals surface area (Å²) < 4.78 is 5.23. The molecule has 1 fully saturated rings. The Balaban J connectivity index is 1.54. The predicted molar refractivity (Wildman–Crippen MR) is 97.2 cm³/mol. The molecule has 3 aromatic heterocycles. The molecule has 0 unspecified atom stereocenters. The fourth-order valence-electron chi connectivity index (χ4n) is 3.53. The van der Waals surface area contributed by atoms with E-state index in [1.807, 2.05) is 24.1 Å². The van der Waals surface area contributed by atoms with Gasteiger partial charge in [-0.15, -0.1) is 0 Å². The zero-order valence-corrected chi connectivity index (χ0v) is 15.0. The van der Waals surface area contributed by atoms with Crippen LogP contribution in [-0.2, 0) is 6.42 Å². The van der Waals surface area contributed by atoms with Gasteiger partial charge in [-0.2, -0.15) is 0 Å². The van der Waals surface area contributed by atoms with E-state index in [4.69, 9.17) is 4.52 Å². The molecule has 1 aliphatic heterocycles. The summed E-state index contributed by atoms with van der Waals surface area (Å²) in [5.41, 5.74) is 2.19. The minimum absolute atomic E-state index is 0.0110. The molecule has 1 N–H and O–H groups in total. The van der Waals surface area contributed by atoms with Gasteiger partial charge in [-0.1, -0.05) is 12.1 Å². The highest BCUT2D eigenvalue weighted by Gasteiger charge is 2.27. The van der Waals surface area contributed by atoms with Crippen LogP contribution in [0.15, 0.2) is 23.1 Å². The molecular formula is C18H22N6O2. The number of nitrogens with one attached hydrogen (secondary N) is 1. The van der Waals surface area contributed by atoms with Crippen LogP contribution in [0.1, 0.15) is 35.2 Å². The van der Waals surface area contributed by atoms with Gasteiger partial charge in [-0.25, -0.2) is 9.97 Å². The Morgan fingerprint density at radius 3 is 3.00 bits per heavy atom. The van der Waals surface area contributed by atoms with Crippen molar-refractivity contribution in [2.45, 2.75) is 26.7 Å². The first kappa shape index (κ1) is 16.6. The van der Waals surface area contributed by atoms with E-state index in [9.17, 15) is 4.79 Å². The molecule has 4 rings (SSSR count). The van der Waals surface area contributed by atoms with Crippen LogP contribution in [0.2, 0.25) is 0 Å². The molecule has 0 radical (unpaired) electrons. The van der Waals surface area contributed by atoms with Crippen LogP contribution in [-0.4, -0.2) is 57.1 Å². The molecule has 0 atom stereocenters. The van der Waals surface area contributed by atoms with Crippen LogP contribution in [0, 0.1) is 6.92 Å². The number of aryl methyl sites for hydroxylation is 2. The van der Waals surface area contributed by atoms with E-state index < -0.39 is 0 Å². The summed E-state index contributed by atoms with van der Waals surface area (Å²) in [7, 11) is 0. The van der Waals surface area contributed by atoms with E-state index >= 15 is 0 Å². The number of rotatable bonds is 3. The second-order valence-corrected chi connectivity index (χ2v) is 6.48. The van der Waals surface area contributed by atoms with Crippen LogP contribution < -0.4 is 4.90 Å². The van der Waals surface area contributed by atoms with Crippen molar-refractivity contribution >= 4 is 22.8 Å². The van der Waals surface area contributed by atoms with Crippen molar-refractivity contribution < 1.29 is 9.32 Å². The molecule has 136 valence electrons. The lowest BCUT2D eigenvalue weighted by Gasteiger charge is -2.23. The van der Waals surface area contributed by atoms with Crippen LogP contribution in [0.3, 0.4) is 0 Å². The monoisotopic (exact) mass is 354 g/mol. The first-order valence-corrected chi connectivity index (χ1v) is 8.96. The van der Waals surface area contributed by atoms with Crippen molar-refractivity contribution in [1.29, 1.82) is 0 Å². The molecule has 0 aromatic carbocycles. The smallest absolute Gasteiger partial charge is 0.259 e. The van der Waals surface area contributed by atoms with Crippen LogP contribution in [0.4, 0.5) is 5.82 Å². The van der Waals surface area contributed by atoms with Crippen molar-refractivity contribution in [3.8, 4) is 0 Å². The normalized spacial score (nSPS) is 15.5. The molecular weight excluding hydrogens is 332 g/mol. The Morgan fingerprint density at radius 1 is 1.27 bits per heavy atom. The summed E-state index contributed by atoms with van der Waals surface area (Å²) in [6, 6.07) is 1.99. The largest absolute Gasteiger partial charge is 0.361 e. The lowest BCUT2D eigenvalue weighted by molar-refractivity contribution is 0.0764. The lowest BCUT2D eigenvalue weighted by Crippen LogP contribution is -2.36. The number of aromatic nitrogens is 4. The molecule has 0 aliphatic carbocycles. The number of carbonyl (C=O) groups excluding carboxylic acids is 1. The average Bonchev–Trinajstić information content (AvgIpc) is 3.20. The molecule has 3 aromatic rings. The van der Waals surface area contributed by atoms with E-state index in [0.717, 1.165) is 42.1 Å². The van der Waals surface area contributed by atoms with Crippen molar-refractivity contribution in [1.82, 2.24) is 25.0 Å². The third-order valence-corrected chi connectivity index (χ3v) is 4.90. The molecule has 0 bridgehead atoms. The third-order valence-electron chi connectivity index (χ3n) is 4.90. The summed E-state index contributed by atoms with van der Waals surface area (Å²) >= 11 is 0.